The van der Waals surface area contributed by atoms with Crippen molar-refractivity contribution in [2.24, 2.45) is 0 Å². The first-order valence-electron chi connectivity index (χ1n) is 6.58. The molecule has 0 aliphatic carbocycles. The molecule has 1 aromatic rings. The molecule has 2 N–H and O–H groups in total. The second-order valence-corrected chi connectivity index (χ2v) is 4.23. The van der Waals surface area contributed by atoms with Crippen LogP contribution in [0.2, 0.25) is 0 Å². The predicted molar refractivity (Wildman–Crippen MR) is 77.6 cm³/mol. The van der Waals surface area contributed by atoms with Crippen LogP contribution in [0.4, 0.5) is 17.8 Å². The molecule has 0 aliphatic heterocycles. The summed E-state index contributed by atoms with van der Waals surface area (Å²) in [4.78, 5) is 16.8. The van der Waals surface area contributed by atoms with E-state index in [1.807, 2.05) is 16.8 Å². The fourth-order valence-electron chi connectivity index (χ4n) is 1.73. The fraction of sp³-hybridized carbons (Fsp3) is 0.750. The number of nitrogen functional groups attached to an aromatic ring is 1. The Balaban J connectivity index is 2.83. The molecule has 0 unspecified atom stereocenters. The third-order valence-electron chi connectivity index (χ3n) is 2.86. The van der Waals surface area contributed by atoms with Crippen LogP contribution in [0.3, 0.4) is 0 Å². The molecule has 0 aliphatic rings. The Morgan fingerprint density at radius 3 is 2.32 bits per heavy atom. The maximum absolute atomic E-state index is 5.76. The molecule has 7 nitrogen and oxygen atoms in total. The average Bonchev–Trinajstić information content (AvgIpc) is 2.39. The molecule has 0 aromatic carbocycles. The third-order valence-corrected chi connectivity index (χ3v) is 2.86. The summed E-state index contributed by atoms with van der Waals surface area (Å²) in [7, 11) is 3.63. The summed E-state index contributed by atoms with van der Waals surface area (Å²) in [6.07, 6.45) is 0.916. The van der Waals surface area contributed by atoms with E-state index in [0.29, 0.717) is 18.5 Å². The van der Waals surface area contributed by atoms with Gasteiger partial charge in [-0.2, -0.15) is 15.0 Å². The summed E-state index contributed by atoms with van der Waals surface area (Å²) in [6, 6.07) is 0. The average molecular weight is 268 g/mol. The van der Waals surface area contributed by atoms with E-state index in [1.165, 1.54) is 0 Å². The van der Waals surface area contributed by atoms with Gasteiger partial charge in [0.2, 0.25) is 17.8 Å². The topological polar surface area (TPSA) is 80.4 Å². The highest BCUT2D eigenvalue weighted by molar-refractivity contribution is 5.42. The molecule has 0 bridgehead atoms. The van der Waals surface area contributed by atoms with Gasteiger partial charge in [-0.15, -0.1) is 0 Å². The molecule has 0 fully saturated rings. The van der Waals surface area contributed by atoms with Crippen LogP contribution in [0.1, 0.15) is 20.3 Å². The molecule has 0 atom stereocenters. The summed E-state index contributed by atoms with van der Waals surface area (Å²) in [6.45, 7) is 7.33. The molecular formula is C12H24N6O. The van der Waals surface area contributed by atoms with Crippen molar-refractivity contribution in [3.05, 3.63) is 0 Å². The lowest BCUT2D eigenvalue weighted by molar-refractivity contribution is 0.196. The van der Waals surface area contributed by atoms with E-state index in [4.69, 9.17) is 10.5 Å². The Morgan fingerprint density at radius 2 is 1.74 bits per heavy atom. The number of ether oxygens (including phenoxy) is 1. The van der Waals surface area contributed by atoms with E-state index < -0.39 is 0 Å². The third kappa shape index (κ3) is 4.51. The molecule has 108 valence electrons. The Kier molecular flexibility index (Phi) is 6.27. The van der Waals surface area contributed by atoms with Gasteiger partial charge in [0.25, 0.3) is 0 Å². The second kappa shape index (κ2) is 7.73. The monoisotopic (exact) mass is 268 g/mol. The van der Waals surface area contributed by atoms with Crippen molar-refractivity contribution >= 4 is 17.8 Å². The van der Waals surface area contributed by atoms with E-state index in [-0.39, 0.29) is 5.95 Å². The predicted octanol–water partition coefficient (Wildman–Crippen LogP) is 0.773. The molecule has 1 aromatic heterocycles. The van der Waals surface area contributed by atoms with Gasteiger partial charge >= 0.3 is 0 Å². The van der Waals surface area contributed by atoms with Gasteiger partial charge in [0, 0.05) is 40.4 Å². The number of hydrogen-bond donors (Lipinski definition) is 1. The summed E-state index contributed by atoms with van der Waals surface area (Å²) >= 11 is 0. The normalized spacial score (nSPS) is 10.5. The van der Waals surface area contributed by atoms with Gasteiger partial charge in [-0.1, -0.05) is 0 Å². The molecule has 7 heteroatoms. The lowest BCUT2D eigenvalue weighted by atomic mass is 10.4. The smallest absolute Gasteiger partial charge is 0.231 e. The first-order chi connectivity index (χ1) is 9.12. The lowest BCUT2D eigenvalue weighted by Crippen LogP contribution is -2.28. The Morgan fingerprint density at radius 1 is 1.11 bits per heavy atom. The number of methoxy groups -OCH3 is 1. The molecule has 0 amide bonds. The SMILES string of the molecule is CCN(CC)c1nc(N)nc(N(C)CCCOC)n1. The van der Waals surface area contributed by atoms with Crippen LogP contribution in [-0.4, -0.2) is 55.4 Å². The standard InChI is InChI=1S/C12H24N6O/c1-5-18(6-2)12-15-10(13)14-11(16-12)17(3)8-7-9-19-4/h5-9H2,1-4H3,(H2,13,14,15,16). The minimum absolute atomic E-state index is 0.255. The molecule has 19 heavy (non-hydrogen) atoms. The number of anilines is 3. The van der Waals surface area contributed by atoms with Crippen LogP contribution >= 0.6 is 0 Å². The number of aromatic nitrogens is 3. The van der Waals surface area contributed by atoms with Crippen LogP contribution < -0.4 is 15.5 Å². The Labute approximate surface area is 114 Å². The maximum atomic E-state index is 5.76. The summed E-state index contributed by atoms with van der Waals surface area (Å²) in [5, 5.41) is 0. The molecular weight excluding hydrogens is 244 g/mol. The minimum atomic E-state index is 0.255. The quantitative estimate of drug-likeness (QED) is 0.697. The second-order valence-electron chi connectivity index (χ2n) is 4.23. The van der Waals surface area contributed by atoms with Crippen molar-refractivity contribution in [2.75, 3.05) is 55.9 Å². The molecule has 1 rings (SSSR count). The van der Waals surface area contributed by atoms with Gasteiger partial charge in [0.15, 0.2) is 0 Å². The highest BCUT2D eigenvalue weighted by Crippen LogP contribution is 2.14. The van der Waals surface area contributed by atoms with Gasteiger partial charge in [0.05, 0.1) is 0 Å². The van der Waals surface area contributed by atoms with Crippen LogP contribution in [0.5, 0.6) is 0 Å². The maximum Gasteiger partial charge on any atom is 0.231 e. The first kappa shape index (κ1) is 15.4. The van der Waals surface area contributed by atoms with Crippen molar-refractivity contribution in [1.29, 1.82) is 0 Å². The zero-order valence-electron chi connectivity index (χ0n) is 12.3. The van der Waals surface area contributed by atoms with Crippen molar-refractivity contribution < 1.29 is 4.74 Å². The van der Waals surface area contributed by atoms with Crippen LogP contribution in [-0.2, 0) is 4.74 Å². The number of nitrogens with two attached hydrogens (primary N) is 1. The fourth-order valence-corrected chi connectivity index (χ4v) is 1.73. The van der Waals surface area contributed by atoms with Crippen molar-refractivity contribution in [3.63, 3.8) is 0 Å². The molecule has 1 heterocycles. The molecule has 0 saturated carbocycles. The number of rotatable bonds is 8. The number of nitrogens with zero attached hydrogens (tertiary/aromatic N) is 5. The van der Waals surface area contributed by atoms with E-state index in [0.717, 1.165) is 26.1 Å². The van der Waals surface area contributed by atoms with Crippen LogP contribution in [0.15, 0.2) is 0 Å². The Hall–Kier alpha value is -1.63. The first-order valence-corrected chi connectivity index (χ1v) is 6.58. The van der Waals surface area contributed by atoms with Gasteiger partial charge < -0.3 is 20.3 Å². The van der Waals surface area contributed by atoms with Crippen molar-refractivity contribution in [2.45, 2.75) is 20.3 Å². The van der Waals surface area contributed by atoms with Gasteiger partial charge in [0.1, 0.15) is 0 Å². The Bertz CT molecular complexity index is 382. The summed E-state index contributed by atoms with van der Waals surface area (Å²) in [5.41, 5.74) is 5.76. The van der Waals surface area contributed by atoms with E-state index >= 15 is 0 Å². The highest BCUT2D eigenvalue weighted by Gasteiger charge is 2.12. The van der Waals surface area contributed by atoms with E-state index in [9.17, 15) is 0 Å². The number of hydrogen-bond acceptors (Lipinski definition) is 7. The summed E-state index contributed by atoms with van der Waals surface area (Å²) < 4.78 is 5.04. The van der Waals surface area contributed by atoms with E-state index in [2.05, 4.69) is 28.8 Å². The largest absolute Gasteiger partial charge is 0.385 e. The van der Waals surface area contributed by atoms with Gasteiger partial charge in [-0.3, -0.25) is 0 Å². The lowest BCUT2D eigenvalue weighted by Gasteiger charge is -2.22. The summed E-state index contributed by atoms with van der Waals surface area (Å²) in [5.74, 6) is 1.49. The minimum Gasteiger partial charge on any atom is -0.385 e. The van der Waals surface area contributed by atoms with E-state index in [1.54, 1.807) is 7.11 Å². The van der Waals surface area contributed by atoms with Gasteiger partial charge in [-0.25, -0.2) is 0 Å². The van der Waals surface area contributed by atoms with Gasteiger partial charge in [-0.05, 0) is 20.3 Å². The van der Waals surface area contributed by atoms with Crippen molar-refractivity contribution in [1.82, 2.24) is 15.0 Å². The zero-order valence-corrected chi connectivity index (χ0v) is 12.3. The van der Waals surface area contributed by atoms with Crippen LogP contribution in [0.25, 0.3) is 0 Å². The molecule has 0 radical (unpaired) electrons. The highest BCUT2D eigenvalue weighted by atomic mass is 16.5. The van der Waals surface area contributed by atoms with Crippen molar-refractivity contribution in [3.8, 4) is 0 Å². The van der Waals surface area contributed by atoms with Crippen LogP contribution in [0, 0.1) is 0 Å². The molecule has 0 saturated heterocycles. The zero-order chi connectivity index (χ0) is 14.3. The molecule has 0 spiro atoms.